The molecule has 0 spiro atoms. The summed E-state index contributed by atoms with van der Waals surface area (Å²) in [5.41, 5.74) is 0. The molecule has 1 saturated heterocycles. The average Bonchev–Trinajstić information content (AvgIpc) is 3.11. The Kier molecular flexibility index (Phi) is 3.87. The third-order valence-electron chi connectivity index (χ3n) is 3.39. The summed E-state index contributed by atoms with van der Waals surface area (Å²) in [7, 11) is -3.00. The highest BCUT2D eigenvalue weighted by atomic mass is 32.2. The molecule has 2 rings (SSSR count). The number of nitrogens with one attached hydrogen (secondary N) is 1. The fourth-order valence-corrected chi connectivity index (χ4v) is 4.52. The zero-order chi connectivity index (χ0) is 11.6. The third kappa shape index (κ3) is 2.57. The van der Waals surface area contributed by atoms with Gasteiger partial charge >= 0.3 is 0 Å². The van der Waals surface area contributed by atoms with E-state index in [1.54, 1.807) is 4.31 Å². The number of nitrogens with zero attached hydrogens (tertiary/aromatic N) is 1. The van der Waals surface area contributed by atoms with Crippen molar-refractivity contribution in [2.24, 2.45) is 0 Å². The van der Waals surface area contributed by atoms with Gasteiger partial charge in [-0.25, -0.2) is 8.42 Å². The lowest BCUT2D eigenvalue weighted by Gasteiger charge is -2.33. The predicted molar refractivity (Wildman–Crippen MR) is 64.8 cm³/mol. The predicted octanol–water partition coefficient (Wildman–Crippen LogP) is 0.943. The second kappa shape index (κ2) is 5.02. The highest BCUT2D eigenvalue weighted by molar-refractivity contribution is 7.90. The Morgan fingerprint density at radius 1 is 1.31 bits per heavy atom. The maximum absolute atomic E-state index is 12.3. The molecule has 0 amide bonds. The molecular weight excluding hydrogens is 224 g/mol. The molecule has 2 fully saturated rings. The van der Waals surface area contributed by atoms with Gasteiger partial charge < -0.3 is 5.32 Å². The van der Waals surface area contributed by atoms with E-state index in [9.17, 15) is 8.42 Å². The van der Waals surface area contributed by atoms with Gasteiger partial charge in [-0.05, 0) is 38.6 Å². The first kappa shape index (κ1) is 12.3. The topological polar surface area (TPSA) is 49.4 Å². The summed E-state index contributed by atoms with van der Waals surface area (Å²) in [6, 6.07) is 0.194. The molecule has 0 bridgehead atoms. The Hall–Kier alpha value is -0.130. The third-order valence-corrected chi connectivity index (χ3v) is 5.84. The molecule has 1 atom stereocenters. The molecule has 0 radical (unpaired) electrons. The summed E-state index contributed by atoms with van der Waals surface area (Å²) in [5, 5.41) is 3.23. The largest absolute Gasteiger partial charge is 0.315 e. The Morgan fingerprint density at radius 3 is 2.56 bits per heavy atom. The van der Waals surface area contributed by atoms with E-state index in [0.717, 1.165) is 45.2 Å². The lowest BCUT2D eigenvalue weighted by molar-refractivity contribution is 0.265. The quantitative estimate of drug-likeness (QED) is 0.785. The van der Waals surface area contributed by atoms with Crippen molar-refractivity contribution in [2.75, 3.05) is 19.6 Å². The van der Waals surface area contributed by atoms with Crippen molar-refractivity contribution < 1.29 is 8.42 Å². The second-order valence-electron chi connectivity index (χ2n) is 4.86. The first-order valence-electron chi connectivity index (χ1n) is 6.37. The maximum Gasteiger partial charge on any atom is 0.217 e. The first-order valence-corrected chi connectivity index (χ1v) is 7.88. The highest BCUT2D eigenvalue weighted by Crippen LogP contribution is 2.32. The summed E-state index contributed by atoms with van der Waals surface area (Å²) in [6.45, 7) is 4.59. The SMILES string of the molecule is CCCN(C1CCCNC1)S(=O)(=O)C1CC1. The molecule has 0 aromatic rings. The Bertz CT molecular complexity index is 319. The van der Waals surface area contributed by atoms with Gasteiger partial charge in [0.1, 0.15) is 0 Å². The van der Waals surface area contributed by atoms with Gasteiger partial charge in [0.25, 0.3) is 0 Å². The number of hydrogen-bond donors (Lipinski definition) is 1. The molecule has 1 heterocycles. The molecule has 2 aliphatic rings. The molecule has 1 aliphatic heterocycles. The zero-order valence-electron chi connectivity index (χ0n) is 9.98. The van der Waals surface area contributed by atoms with E-state index in [1.807, 2.05) is 6.92 Å². The fourth-order valence-electron chi connectivity index (χ4n) is 2.37. The van der Waals surface area contributed by atoms with Crippen LogP contribution in [0.2, 0.25) is 0 Å². The molecule has 16 heavy (non-hydrogen) atoms. The van der Waals surface area contributed by atoms with E-state index in [2.05, 4.69) is 5.32 Å². The Labute approximate surface area is 98.4 Å². The van der Waals surface area contributed by atoms with Crippen LogP contribution in [0.1, 0.15) is 39.0 Å². The maximum atomic E-state index is 12.3. The summed E-state index contributed by atoms with van der Waals surface area (Å²) >= 11 is 0. The van der Waals surface area contributed by atoms with E-state index in [1.165, 1.54) is 0 Å². The van der Waals surface area contributed by atoms with Gasteiger partial charge in [0.2, 0.25) is 10.0 Å². The molecule has 0 aromatic carbocycles. The number of piperidine rings is 1. The van der Waals surface area contributed by atoms with Gasteiger partial charge in [-0.3, -0.25) is 0 Å². The van der Waals surface area contributed by atoms with Crippen LogP contribution in [0.4, 0.5) is 0 Å². The van der Waals surface area contributed by atoms with Crippen LogP contribution >= 0.6 is 0 Å². The van der Waals surface area contributed by atoms with Crippen molar-refractivity contribution in [3.05, 3.63) is 0 Å². The molecule has 1 unspecified atom stereocenters. The van der Waals surface area contributed by atoms with Gasteiger partial charge in [-0.2, -0.15) is 4.31 Å². The summed E-state index contributed by atoms with van der Waals surface area (Å²) < 4.78 is 26.3. The molecule has 94 valence electrons. The van der Waals surface area contributed by atoms with Crippen LogP contribution in [0, 0.1) is 0 Å². The van der Waals surface area contributed by atoms with Crippen LogP contribution in [0.25, 0.3) is 0 Å². The van der Waals surface area contributed by atoms with Crippen LogP contribution in [0.5, 0.6) is 0 Å². The lowest BCUT2D eigenvalue weighted by atomic mass is 10.1. The van der Waals surface area contributed by atoms with E-state index < -0.39 is 10.0 Å². The van der Waals surface area contributed by atoms with Gasteiger partial charge in [0.05, 0.1) is 5.25 Å². The van der Waals surface area contributed by atoms with E-state index in [-0.39, 0.29) is 11.3 Å². The van der Waals surface area contributed by atoms with Gasteiger partial charge in [0, 0.05) is 19.1 Å². The molecule has 4 nitrogen and oxygen atoms in total. The van der Waals surface area contributed by atoms with Crippen molar-refractivity contribution in [1.29, 1.82) is 0 Å². The molecule has 1 aliphatic carbocycles. The van der Waals surface area contributed by atoms with Crippen LogP contribution in [0.15, 0.2) is 0 Å². The molecule has 5 heteroatoms. The van der Waals surface area contributed by atoms with E-state index >= 15 is 0 Å². The van der Waals surface area contributed by atoms with Crippen LogP contribution < -0.4 is 5.32 Å². The Balaban J connectivity index is 2.08. The minimum absolute atomic E-state index is 0.0685. The van der Waals surface area contributed by atoms with Crippen molar-refractivity contribution in [2.45, 2.75) is 50.3 Å². The van der Waals surface area contributed by atoms with Gasteiger partial charge in [0.15, 0.2) is 0 Å². The van der Waals surface area contributed by atoms with E-state index in [4.69, 9.17) is 0 Å². The normalized spacial score (nSPS) is 27.2. The molecular formula is C11H22N2O2S. The fraction of sp³-hybridized carbons (Fsp3) is 1.00. The van der Waals surface area contributed by atoms with Crippen molar-refractivity contribution in [3.63, 3.8) is 0 Å². The standard InChI is InChI=1S/C11H22N2O2S/c1-2-8-13(10-4-3-7-12-9-10)16(14,15)11-5-6-11/h10-12H,2-9H2,1H3. The van der Waals surface area contributed by atoms with Crippen LogP contribution in [-0.2, 0) is 10.0 Å². The highest BCUT2D eigenvalue weighted by Gasteiger charge is 2.42. The number of hydrogen-bond acceptors (Lipinski definition) is 3. The molecule has 0 aromatic heterocycles. The van der Waals surface area contributed by atoms with Crippen LogP contribution in [-0.4, -0.2) is 43.6 Å². The Morgan fingerprint density at radius 2 is 2.06 bits per heavy atom. The number of sulfonamides is 1. The minimum Gasteiger partial charge on any atom is -0.315 e. The summed E-state index contributed by atoms with van der Waals surface area (Å²) in [6.07, 6.45) is 4.73. The smallest absolute Gasteiger partial charge is 0.217 e. The van der Waals surface area contributed by atoms with Crippen LogP contribution in [0.3, 0.4) is 0 Å². The van der Waals surface area contributed by atoms with Gasteiger partial charge in [-0.15, -0.1) is 0 Å². The zero-order valence-corrected chi connectivity index (χ0v) is 10.8. The minimum atomic E-state index is -3.00. The first-order chi connectivity index (χ1) is 7.66. The lowest BCUT2D eigenvalue weighted by Crippen LogP contribution is -2.49. The number of rotatable bonds is 5. The summed E-state index contributed by atoms with van der Waals surface area (Å²) in [5.74, 6) is 0. The molecule has 1 saturated carbocycles. The van der Waals surface area contributed by atoms with Crippen molar-refractivity contribution in [3.8, 4) is 0 Å². The summed E-state index contributed by atoms with van der Waals surface area (Å²) in [4.78, 5) is 0. The second-order valence-corrected chi connectivity index (χ2v) is 7.02. The van der Waals surface area contributed by atoms with Crippen molar-refractivity contribution in [1.82, 2.24) is 9.62 Å². The average molecular weight is 246 g/mol. The van der Waals surface area contributed by atoms with Gasteiger partial charge in [-0.1, -0.05) is 6.92 Å². The molecule has 1 N–H and O–H groups in total. The van der Waals surface area contributed by atoms with Crippen molar-refractivity contribution >= 4 is 10.0 Å². The van der Waals surface area contributed by atoms with E-state index in [0.29, 0.717) is 6.54 Å². The monoisotopic (exact) mass is 246 g/mol.